The van der Waals surface area contributed by atoms with E-state index in [0.29, 0.717) is 18.3 Å². The van der Waals surface area contributed by atoms with Crippen LogP contribution in [0.2, 0.25) is 0 Å². The molecule has 0 aromatic carbocycles. The second kappa shape index (κ2) is 7.47. The quantitative estimate of drug-likeness (QED) is 0.699. The Balaban J connectivity index is 1.43. The van der Waals surface area contributed by atoms with Crippen LogP contribution in [0, 0.1) is 0 Å². The van der Waals surface area contributed by atoms with Crippen LogP contribution in [0.15, 0.2) is 23.8 Å². The van der Waals surface area contributed by atoms with E-state index < -0.39 is 0 Å². The highest BCUT2D eigenvalue weighted by Crippen LogP contribution is 2.25. The molecule has 0 saturated carbocycles. The molecule has 1 saturated heterocycles. The lowest BCUT2D eigenvalue weighted by molar-refractivity contribution is 0.177. The molecule has 7 nitrogen and oxygen atoms in total. The van der Waals surface area contributed by atoms with Crippen LogP contribution in [0.3, 0.4) is 0 Å². The zero-order valence-electron chi connectivity index (χ0n) is 14.1. The van der Waals surface area contributed by atoms with Crippen LogP contribution in [0.25, 0.3) is 4.96 Å². The number of hydrogen-bond donors (Lipinski definition) is 1. The van der Waals surface area contributed by atoms with Gasteiger partial charge in [0.1, 0.15) is 12.4 Å². The maximum absolute atomic E-state index is 5.49. The zero-order chi connectivity index (χ0) is 17.1. The SMILES string of the molecule is COCc1nc(NCCc2cn3ccsc3n2)cc([C@@H]2CCOC2)n1. The van der Waals surface area contributed by atoms with Crippen molar-refractivity contribution in [2.24, 2.45) is 0 Å². The molecule has 1 N–H and O–H groups in total. The summed E-state index contributed by atoms with van der Waals surface area (Å²) in [6.45, 7) is 2.71. The van der Waals surface area contributed by atoms with Gasteiger partial charge in [0.15, 0.2) is 10.8 Å². The largest absolute Gasteiger partial charge is 0.381 e. The number of nitrogens with zero attached hydrogens (tertiary/aromatic N) is 4. The Kier molecular flexibility index (Phi) is 4.91. The molecule has 3 aromatic rings. The number of rotatable bonds is 7. The van der Waals surface area contributed by atoms with Crippen molar-refractivity contribution in [2.75, 3.05) is 32.2 Å². The van der Waals surface area contributed by atoms with Crippen molar-refractivity contribution >= 4 is 22.1 Å². The molecule has 4 heterocycles. The van der Waals surface area contributed by atoms with Gasteiger partial charge in [0.05, 0.1) is 18.0 Å². The first kappa shape index (κ1) is 16.4. The van der Waals surface area contributed by atoms with Crippen molar-refractivity contribution in [3.8, 4) is 0 Å². The van der Waals surface area contributed by atoms with Crippen LogP contribution in [-0.2, 0) is 22.5 Å². The van der Waals surface area contributed by atoms with E-state index in [1.807, 2.05) is 17.6 Å². The number of methoxy groups -OCH3 is 1. The van der Waals surface area contributed by atoms with Gasteiger partial charge in [0.25, 0.3) is 0 Å². The van der Waals surface area contributed by atoms with Gasteiger partial charge in [-0.25, -0.2) is 15.0 Å². The number of thiazole rings is 1. The van der Waals surface area contributed by atoms with Gasteiger partial charge >= 0.3 is 0 Å². The molecule has 0 spiro atoms. The van der Waals surface area contributed by atoms with E-state index in [2.05, 4.69) is 30.9 Å². The molecule has 4 rings (SSSR count). The number of anilines is 1. The Hall–Kier alpha value is -2.03. The minimum Gasteiger partial charge on any atom is -0.381 e. The predicted octanol–water partition coefficient (Wildman–Crippen LogP) is 2.49. The summed E-state index contributed by atoms with van der Waals surface area (Å²) in [5, 5.41) is 5.44. The third-order valence-electron chi connectivity index (χ3n) is 4.24. The lowest BCUT2D eigenvalue weighted by atomic mass is 10.0. The van der Waals surface area contributed by atoms with Crippen molar-refractivity contribution in [3.63, 3.8) is 0 Å². The number of imidazole rings is 1. The first-order valence-corrected chi connectivity index (χ1v) is 9.29. The first-order chi connectivity index (χ1) is 12.3. The van der Waals surface area contributed by atoms with E-state index in [9.17, 15) is 0 Å². The fraction of sp³-hybridized carbons (Fsp3) is 0.471. The molecule has 8 heteroatoms. The van der Waals surface area contributed by atoms with Crippen LogP contribution >= 0.6 is 11.3 Å². The molecule has 0 bridgehead atoms. The van der Waals surface area contributed by atoms with Gasteiger partial charge in [-0.3, -0.25) is 4.40 Å². The van der Waals surface area contributed by atoms with Crippen LogP contribution in [0.1, 0.15) is 29.6 Å². The highest BCUT2D eigenvalue weighted by atomic mass is 32.1. The Morgan fingerprint density at radius 2 is 2.36 bits per heavy atom. The minimum absolute atomic E-state index is 0.346. The molecule has 1 atom stereocenters. The molecule has 0 radical (unpaired) electrons. The first-order valence-electron chi connectivity index (χ1n) is 8.41. The molecular formula is C17H21N5O2S. The van der Waals surface area contributed by atoms with Gasteiger partial charge in [-0.05, 0) is 6.42 Å². The molecule has 0 aliphatic carbocycles. The van der Waals surface area contributed by atoms with E-state index in [1.165, 1.54) is 0 Å². The summed E-state index contributed by atoms with van der Waals surface area (Å²) in [5.74, 6) is 1.89. The third kappa shape index (κ3) is 3.81. The third-order valence-corrected chi connectivity index (χ3v) is 5.01. The van der Waals surface area contributed by atoms with Gasteiger partial charge in [-0.2, -0.15) is 0 Å². The number of hydrogen-bond acceptors (Lipinski definition) is 7. The van der Waals surface area contributed by atoms with Gasteiger partial charge in [0, 0.05) is 56.4 Å². The second-order valence-corrected chi connectivity index (χ2v) is 6.96. The molecule has 1 aliphatic rings. The topological polar surface area (TPSA) is 73.6 Å². The fourth-order valence-electron chi connectivity index (χ4n) is 2.99. The summed E-state index contributed by atoms with van der Waals surface area (Å²) in [4.78, 5) is 14.8. The van der Waals surface area contributed by atoms with E-state index in [0.717, 1.165) is 54.8 Å². The van der Waals surface area contributed by atoms with Crippen LogP contribution in [-0.4, -0.2) is 46.2 Å². The fourth-order valence-corrected chi connectivity index (χ4v) is 3.71. The molecular weight excluding hydrogens is 338 g/mol. The van der Waals surface area contributed by atoms with E-state index in [1.54, 1.807) is 18.4 Å². The Morgan fingerprint density at radius 3 is 3.16 bits per heavy atom. The number of ether oxygens (including phenoxy) is 2. The average Bonchev–Trinajstić information content (AvgIpc) is 3.32. The Bertz CT molecular complexity index is 812. The minimum atomic E-state index is 0.346. The maximum atomic E-state index is 5.49. The molecule has 132 valence electrons. The zero-order valence-corrected chi connectivity index (χ0v) is 15.0. The Labute approximate surface area is 150 Å². The normalized spacial score (nSPS) is 17.4. The number of fused-ring (bicyclic) bond motifs is 1. The molecule has 25 heavy (non-hydrogen) atoms. The van der Waals surface area contributed by atoms with Crippen molar-refractivity contribution in [1.82, 2.24) is 19.4 Å². The smallest absolute Gasteiger partial charge is 0.193 e. The Morgan fingerprint density at radius 1 is 1.40 bits per heavy atom. The number of nitrogens with one attached hydrogen (secondary N) is 1. The van der Waals surface area contributed by atoms with Crippen molar-refractivity contribution in [3.05, 3.63) is 41.1 Å². The van der Waals surface area contributed by atoms with Crippen LogP contribution in [0.4, 0.5) is 5.82 Å². The standard InChI is InChI=1S/C17H21N5O2S/c1-23-11-16-20-14(12-3-6-24-10-12)8-15(21-16)18-4-2-13-9-22-5-7-25-17(22)19-13/h5,7-9,12H,2-4,6,10-11H2,1H3,(H,18,20,21)/t12-/m1/s1. The van der Waals surface area contributed by atoms with Crippen molar-refractivity contribution in [1.29, 1.82) is 0 Å². The molecule has 0 amide bonds. The van der Waals surface area contributed by atoms with Crippen molar-refractivity contribution in [2.45, 2.75) is 25.4 Å². The highest BCUT2D eigenvalue weighted by molar-refractivity contribution is 7.15. The summed E-state index contributed by atoms with van der Waals surface area (Å²) in [5.41, 5.74) is 2.11. The molecule has 0 unspecified atom stereocenters. The van der Waals surface area contributed by atoms with Gasteiger partial charge < -0.3 is 14.8 Å². The van der Waals surface area contributed by atoms with Gasteiger partial charge in [-0.15, -0.1) is 11.3 Å². The van der Waals surface area contributed by atoms with E-state index in [4.69, 9.17) is 9.47 Å². The van der Waals surface area contributed by atoms with Gasteiger partial charge in [-0.1, -0.05) is 0 Å². The highest BCUT2D eigenvalue weighted by Gasteiger charge is 2.20. The maximum Gasteiger partial charge on any atom is 0.193 e. The van der Waals surface area contributed by atoms with E-state index in [-0.39, 0.29) is 0 Å². The summed E-state index contributed by atoms with van der Waals surface area (Å²) >= 11 is 1.65. The van der Waals surface area contributed by atoms with Crippen LogP contribution in [0.5, 0.6) is 0 Å². The monoisotopic (exact) mass is 359 g/mol. The lowest BCUT2D eigenvalue weighted by Gasteiger charge is -2.12. The summed E-state index contributed by atoms with van der Waals surface area (Å²) in [7, 11) is 1.66. The van der Waals surface area contributed by atoms with E-state index >= 15 is 0 Å². The second-order valence-electron chi connectivity index (χ2n) is 6.09. The predicted molar refractivity (Wildman–Crippen MR) is 96.2 cm³/mol. The molecule has 1 fully saturated rings. The van der Waals surface area contributed by atoms with Crippen molar-refractivity contribution < 1.29 is 9.47 Å². The van der Waals surface area contributed by atoms with Crippen LogP contribution < -0.4 is 5.32 Å². The summed E-state index contributed by atoms with van der Waals surface area (Å²) < 4.78 is 12.7. The molecule has 1 aliphatic heterocycles. The summed E-state index contributed by atoms with van der Waals surface area (Å²) in [6.07, 6.45) is 5.96. The van der Waals surface area contributed by atoms with Gasteiger partial charge in [0.2, 0.25) is 0 Å². The summed E-state index contributed by atoms with van der Waals surface area (Å²) in [6, 6.07) is 2.03. The molecule has 3 aromatic heterocycles. The number of aromatic nitrogens is 4. The lowest BCUT2D eigenvalue weighted by Crippen LogP contribution is -2.12. The average molecular weight is 359 g/mol.